The van der Waals surface area contributed by atoms with Crippen LogP contribution in [0.25, 0.3) is 0 Å². The van der Waals surface area contributed by atoms with Gasteiger partial charge in [0.15, 0.2) is 5.69 Å². The number of halogens is 3. The molecule has 1 aliphatic rings. The van der Waals surface area contributed by atoms with Crippen molar-refractivity contribution in [3.8, 4) is 0 Å². The minimum Gasteiger partial charge on any atom is -0.350 e. The molecule has 9 heteroatoms. The predicted octanol–water partition coefficient (Wildman–Crippen LogP) is 2.50. The van der Waals surface area contributed by atoms with Gasteiger partial charge in [-0.1, -0.05) is 11.3 Å². The number of rotatable bonds is 5. The molecule has 0 aliphatic carbocycles. The maximum Gasteiger partial charge on any atom is 0.273 e. The van der Waals surface area contributed by atoms with Crippen LogP contribution in [-0.2, 0) is 6.42 Å². The van der Waals surface area contributed by atoms with E-state index in [1.54, 1.807) is 23.0 Å². The van der Waals surface area contributed by atoms with Crippen molar-refractivity contribution >= 4 is 34.2 Å². The first-order chi connectivity index (χ1) is 11.6. The molecule has 3 rings (SSSR count). The standard InChI is InChI=1S/C16H19BrFN5O.ClH/c17-13-9-11(1-2-14(13)18)3-8-20-16(24)15-10-23(22-21-15)12-4-6-19-7-5-12;/h1-2,9-10,12,19H,3-8H2,(H,20,24);1H. The third kappa shape index (κ3) is 5.23. The van der Waals surface area contributed by atoms with Gasteiger partial charge >= 0.3 is 0 Å². The van der Waals surface area contributed by atoms with E-state index in [4.69, 9.17) is 0 Å². The first-order valence-electron chi connectivity index (χ1n) is 7.98. The monoisotopic (exact) mass is 431 g/mol. The Morgan fingerprint density at radius 3 is 2.88 bits per heavy atom. The van der Waals surface area contributed by atoms with Crippen LogP contribution in [0.15, 0.2) is 28.9 Å². The molecule has 2 N–H and O–H groups in total. The molecule has 25 heavy (non-hydrogen) atoms. The van der Waals surface area contributed by atoms with Crippen LogP contribution in [0, 0.1) is 5.82 Å². The fourth-order valence-electron chi connectivity index (χ4n) is 2.74. The van der Waals surface area contributed by atoms with Crippen LogP contribution < -0.4 is 10.6 Å². The molecule has 1 amide bonds. The molecule has 1 fully saturated rings. The van der Waals surface area contributed by atoms with Gasteiger partial charge in [0.25, 0.3) is 5.91 Å². The van der Waals surface area contributed by atoms with Crippen molar-refractivity contribution in [1.29, 1.82) is 0 Å². The van der Waals surface area contributed by atoms with E-state index < -0.39 is 0 Å². The maximum absolute atomic E-state index is 13.2. The maximum atomic E-state index is 13.2. The Hall–Kier alpha value is -1.51. The van der Waals surface area contributed by atoms with E-state index in [0.717, 1.165) is 31.5 Å². The van der Waals surface area contributed by atoms with Crippen LogP contribution in [0.3, 0.4) is 0 Å². The topological polar surface area (TPSA) is 71.8 Å². The molecule has 0 unspecified atom stereocenters. The molecular weight excluding hydrogens is 413 g/mol. The summed E-state index contributed by atoms with van der Waals surface area (Å²) in [4.78, 5) is 12.1. The molecule has 1 aromatic carbocycles. The largest absolute Gasteiger partial charge is 0.350 e. The highest BCUT2D eigenvalue weighted by Crippen LogP contribution is 2.18. The van der Waals surface area contributed by atoms with E-state index in [0.29, 0.717) is 29.2 Å². The second kappa shape index (κ2) is 9.26. The molecule has 2 heterocycles. The quantitative estimate of drug-likeness (QED) is 0.761. The van der Waals surface area contributed by atoms with Crippen molar-refractivity contribution in [3.63, 3.8) is 0 Å². The highest BCUT2D eigenvalue weighted by Gasteiger charge is 2.18. The van der Waals surface area contributed by atoms with Gasteiger partial charge in [-0.3, -0.25) is 4.79 Å². The molecule has 0 saturated carbocycles. The Labute approximate surface area is 160 Å². The van der Waals surface area contributed by atoms with Crippen molar-refractivity contribution in [1.82, 2.24) is 25.6 Å². The van der Waals surface area contributed by atoms with Gasteiger partial charge in [0.1, 0.15) is 5.82 Å². The van der Waals surface area contributed by atoms with Crippen LogP contribution in [0.4, 0.5) is 4.39 Å². The Balaban J connectivity index is 0.00000225. The average Bonchev–Trinajstić information content (AvgIpc) is 3.09. The molecule has 0 spiro atoms. The zero-order valence-electron chi connectivity index (χ0n) is 13.5. The molecule has 0 radical (unpaired) electrons. The number of aromatic nitrogens is 3. The van der Waals surface area contributed by atoms with Crippen molar-refractivity contribution < 1.29 is 9.18 Å². The van der Waals surface area contributed by atoms with E-state index in [-0.39, 0.29) is 24.1 Å². The number of carbonyl (C=O) groups is 1. The normalized spacial score (nSPS) is 14.8. The molecule has 1 aromatic heterocycles. The molecule has 1 saturated heterocycles. The van der Waals surface area contributed by atoms with E-state index in [1.807, 2.05) is 0 Å². The summed E-state index contributed by atoms with van der Waals surface area (Å²) in [7, 11) is 0. The van der Waals surface area contributed by atoms with E-state index in [9.17, 15) is 9.18 Å². The summed E-state index contributed by atoms with van der Waals surface area (Å²) in [5, 5.41) is 14.2. The number of nitrogens with one attached hydrogen (secondary N) is 2. The van der Waals surface area contributed by atoms with E-state index >= 15 is 0 Å². The van der Waals surface area contributed by atoms with Gasteiger partial charge in [0, 0.05) is 6.54 Å². The average molecular weight is 433 g/mol. The lowest BCUT2D eigenvalue weighted by Crippen LogP contribution is -2.29. The van der Waals surface area contributed by atoms with Gasteiger partial charge in [-0.15, -0.1) is 17.5 Å². The zero-order chi connectivity index (χ0) is 16.9. The predicted molar refractivity (Wildman–Crippen MR) is 98.5 cm³/mol. The lowest BCUT2D eigenvalue weighted by atomic mass is 10.1. The van der Waals surface area contributed by atoms with Crippen LogP contribution in [0.2, 0.25) is 0 Å². The van der Waals surface area contributed by atoms with E-state index in [1.165, 1.54) is 6.07 Å². The number of benzene rings is 1. The summed E-state index contributed by atoms with van der Waals surface area (Å²) in [6.07, 6.45) is 4.31. The van der Waals surface area contributed by atoms with Crippen LogP contribution >= 0.6 is 28.3 Å². The summed E-state index contributed by atoms with van der Waals surface area (Å²) in [6, 6.07) is 5.14. The molecule has 0 atom stereocenters. The fourth-order valence-corrected chi connectivity index (χ4v) is 3.16. The summed E-state index contributed by atoms with van der Waals surface area (Å²) >= 11 is 3.16. The van der Waals surface area contributed by atoms with Gasteiger partial charge < -0.3 is 10.6 Å². The third-order valence-corrected chi connectivity index (χ3v) is 4.72. The minimum absolute atomic E-state index is 0. The Kier molecular flexibility index (Phi) is 7.34. The van der Waals surface area contributed by atoms with Crippen LogP contribution in [0.5, 0.6) is 0 Å². The lowest BCUT2D eigenvalue weighted by Gasteiger charge is -2.22. The fraction of sp³-hybridized carbons (Fsp3) is 0.438. The first-order valence-corrected chi connectivity index (χ1v) is 8.77. The Morgan fingerprint density at radius 2 is 2.16 bits per heavy atom. The molecule has 0 bridgehead atoms. The van der Waals surface area contributed by atoms with Gasteiger partial charge in [0.05, 0.1) is 16.7 Å². The van der Waals surface area contributed by atoms with Crippen LogP contribution in [-0.4, -0.2) is 40.5 Å². The smallest absolute Gasteiger partial charge is 0.273 e. The zero-order valence-corrected chi connectivity index (χ0v) is 15.9. The number of hydrogen-bond acceptors (Lipinski definition) is 4. The molecule has 2 aromatic rings. The highest BCUT2D eigenvalue weighted by molar-refractivity contribution is 9.10. The van der Waals surface area contributed by atoms with Gasteiger partial charge in [0.2, 0.25) is 0 Å². The summed E-state index contributed by atoms with van der Waals surface area (Å²) in [5.74, 6) is -0.534. The molecular formula is C16H20BrClFN5O. The summed E-state index contributed by atoms with van der Waals surface area (Å²) in [5.41, 5.74) is 1.27. The third-order valence-electron chi connectivity index (χ3n) is 4.11. The number of carbonyl (C=O) groups excluding carboxylic acids is 1. The Bertz CT molecular complexity index is 720. The number of hydrogen-bond donors (Lipinski definition) is 2. The summed E-state index contributed by atoms with van der Waals surface area (Å²) < 4.78 is 15.4. The lowest BCUT2D eigenvalue weighted by molar-refractivity contribution is 0.0949. The second-order valence-electron chi connectivity index (χ2n) is 5.82. The Morgan fingerprint density at radius 1 is 1.40 bits per heavy atom. The second-order valence-corrected chi connectivity index (χ2v) is 6.67. The van der Waals surface area contributed by atoms with Gasteiger partial charge in [-0.05, 0) is 66.0 Å². The number of piperidine rings is 1. The highest BCUT2D eigenvalue weighted by atomic mass is 79.9. The van der Waals surface area contributed by atoms with Gasteiger partial charge in [-0.25, -0.2) is 9.07 Å². The molecule has 6 nitrogen and oxygen atoms in total. The molecule has 136 valence electrons. The van der Waals surface area contributed by atoms with Crippen LogP contribution in [0.1, 0.15) is 34.9 Å². The van der Waals surface area contributed by atoms with Gasteiger partial charge in [-0.2, -0.15) is 0 Å². The SMILES string of the molecule is Cl.O=C(NCCc1ccc(F)c(Br)c1)c1cn(C2CCNCC2)nn1. The van der Waals surface area contributed by atoms with Crippen molar-refractivity contribution in [3.05, 3.63) is 45.9 Å². The first kappa shape index (κ1) is 19.8. The molecule has 1 aliphatic heterocycles. The van der Waals surface area contributed by atoms with Crippen molar-refractivity contribution in [2.24, 2.45) is 0 Å². The number of amides is 1. The van der Waals surface area contributed by atoms with Crippen molar-refractivity contribution in [2.75, 3.05) is 19.6 Å². The van der Waals surface area contributed by atoms with Crippen molar-refractivity contribution in [2.45, 2.75) is 25.3 Å². The summed E-state index contributed by atoms with van der Waals surface area (Å²) in [6.45, 7) is 2.37. The van der Waals surface area contributed by atoms with E-state index in [2.05, 4.69) is 36.9 Å². The number of nitrogens with zero attached hydrogens (tertiary/aromatic N) is 3. The minimum atomic E-state index is -0.294.